The Morgan fingerprint density at radius 2 is 2.28 bits per heavy atom. The number of hydrogen-bond donors (Lipinski definition) is 2. The van der Waals surface area contributed by atoms with E-state index >= 15 is 0 Å². The predicted molar refractivity (Wildman–Crippen MR) is 70.4 cm³/mol. The second kappa shape index (κ2) is 6.15. The summed E-state index contributed by atoms with van der Waals surface area (Å²) in [6.45, 7) is 3.00. The van der Waals surface area contributed by atoms with Crippen LogP contribution in [-0.4, -0.2) is 23.1 Å². The molecule has 0 atom stereocenters. The number of thiophene rings is 1. The molecule has 0 aliphatic carbocycles. The van der Waals surface area contributed by atoms with Crippen molar-refractivity contribution in [3.63, 3.8) is 0 Å². The van der Waals surface area contributed by atoms with Gasteiger partial charge in [-0.05, 0) is 18.4 Å². The lowest BCUT2D eigenvalue weighted by Gasteiger charge is -2.09. The van der Waals surface area contributed by atoms with Gasteiger partial charge in [-0.15, -0.1) is 11.3 Å². The van der Waals surface area contributed by atoms with Gasteiger partial charge < -0.3 is 15.2 Å². The van der Waals surface area contributed by atoms with Crippen molar-refractivity contribution >= 4 is 17.3 Å². The minimum Gasteiger partial charge on any atom is -0.352 e. The van der Waals surface area contributed by atoms with Gasteiger partial charge in [0.25, 0.3) is 0 Å². The number of aryl methyl sites for hydroxylation is 1. The standard InChI is InChI=1S/C11H15N5OS/c1-8-15-10(17-16-8)7-14-11(12-2)13-6-9-4-3-5-18-9/h3-5H,6-7H2,1-2H3,(H2,12,13,14). The molecule has 2 aromatic rings. The number of guanidine groups is 1. The van der Waals surface area contributed by atoms with Crippen LogP contribution in [0.3, 0.4) is 0 Å². The zero-order valence-electron chi connectivity index (χ0n) is 10.3. The fourth-order valence-electron chi connectivity index (χ4n) is 1.38. The van der Waals surface area contributed by atoms with Gasteiger partial charge >= 0.3 is 0 Å². The van der Waals surface area contributed by atoms with E-state index in [1.165, 1.54) is 4.88 Å². The lowest BCUT2D eigenvalue weighted by molar-refractivity contribution is 0.371. The molecule has 0 amide bonds. The number of aliphatic imine (C=N–C) groups is 1. The quantitative estimate of drug-likeness (QED) is 0.644. The highest BCUT2D eigenvalue weighted by Crippen LogP contribution is 2.07. The zero-order chi connectivity index (χ0) is 12.8. The van der Waals surface area contributed by atoms with Crippen LogP contribution in [0.1, 0.15) is 16.6 Å². The molecule has 7 heteroatoms. The van der Waals surface area contributed by atoms with Gasteiger partial charge in [0, 0.05) is 11.9 Å². The van der Waals surface area contributed by atoms with Crippen molar-refractivity contribution < 1.29 is 4.52 Å². The molecule has 0 spiro atoms. The van der Waals surface area contributed by atoms with Crippen LogP contribution in [0.2, 0.25) is 0 Å². The van der Waals surface area contributed by atoms with Crippen molar-refractivity contribution in [1.82, 2.24) is 20.8 Å². The Morgan fingerprint density at radius 3 is 2.89 bits per heavy atom. The molecule has 6 nitrogen and oxygen atoms in total. The van der Waals surface area contributed by atoms with Crippen molar-refractivity contribution in [1.29, 1.82) is 0 Å². The van der Waals surface area contributed by atoms with Crippen molar-refractivity contribution in [3.8, 4) is 0 Å². The highest BCUT2D eigenvalue weighted by Gasteiger charge is 2.04. The van der Waals surface area contributed by atoms with Crippen molar-refractivity contribution in [3.05, 3.63) is 34.1 Å². The fourth-order valence-corrected chi connectivity index (χ4v) is 2.02. The minimum absolute atomic E-state index is 0.463. The predicted octanol–water partition coefficient (Wildman–Crippen LogP) is 1.30. The monoisotopic (exact) mass is 265 g/mol. The van der Waals surface area contributed by atoms with Crippen LogP contribution in [0.25, 0.3) is 0 Å². The molecule has 2 rings (SSSR count). The van der Waals surface area contributed by atoms with Crippen LogP contribution in [0.4, 0.5) is 0 Å². The van der Waals surface area contributed by atoms with Crippen LogP contribution in [-0.2, 0) is 13.1 Å². The van der Waals surface area contributed by atoms with Crippen LogP contribution in [0.5, 0.6) is 0 Å². The molecule has 2 aromatic heterocycles. The summed E-state index contributed by atoms with van der Waals surface area (Å²) in [5.41, 5.74) is 0. The zero-order valence-corrected chi connectivity index (χ0v) is 11.1. The average Bonchev–Trinajstić information content (AvgIpc) is 3.01. The summed E-state index contributed by atoms with van der Waals surface area (Å²) in [4.78, 5) is 9.48. The van der Waals surface area contributed by atoms with Gasteiger partial charge in [0.2, 0.25) is 5.89 Å². The molecule has 0 bridgehead atoms. The first-order valence-corrected chi connectivity index (χ1v) is 6.42. The Kier molecular flexibility index (Phi) is 4.30. The Labute approximate surface area is 109 Å². The average molecular weight is 265 g/mol. The van der Waals surface area contributed by atoms with Gasteiger partial charge in [-0.1, -0.05) is 11.2 Å². The molecule has 0 aromatic carbocycles. The topological polar surface area (TPSA) is 75.3 Å². The second-order valence-electron chi connectivity index (χ2n) is 3.59. The minimum atomic E-state index is 0.463. The third-order valence-corrected chi connectivity index (χ3v) is 3.09. The number of rotatable bonds is 4. The van der Waals surface area contributed by atoms with E-state index < -0.39 is 0 Å². The van der Waals surface area contributed by atoms with E-state index in [1.807, 2.05) is 6.07 Å². The molecule has 2 N–H and O–H groups in total. The smallest absolute Gasteiger partial charge is 0.246 e. The highest BCUT2D eigenvalue weighted by molar-refractivity contribution is 7.09. The van der Waals surface area contributed by atoms with Crippen LogP contribution >= 0.6 is 11.3 Å². The van der Waals surface area contributed by atoms with E-state index in [1.54, 1.807) is 25.3 Å². The first kappa shape index (κ1) is 12.6. The third-order valence-electron chi connectivity index (χ3n) is 2.21. The summed E-state index contributed by atoms with van der Waals surface area (Å²) in [7, 11) is 1.73. The van der Waals surface area contributed by atoms with E-state index in [0.29, 0.717) is 24.2 Å². The summed E-state index contributed by atoms with van der Waals surface area (Å²) in [5.74, 6) is 1.89. The summed E-state index contributed by atoms with van der Waals surface area (Å²) >= 11 is 1.71. The Balaban J connectivity index is 1.79. The van der Waals surface area contributed by atoms with E-state index in [-0.39, 0.29) is 0 Å². The van der Waals surface area contributed by atoms with Gasteiger partial charge in [-0.2, -0.15) is 4.98 Å². The SMILES string of the molecule is CN=C(NCc1nc(C)no1)NCc1cccs1. The molecule has 0 unspecified atom stereocenters. The van der Waals surface area contributed by atoms with Crippen molar-refractivity contribution in [2.24, 2.45) is 4.99 Å². The summed E-state index contributed by atoms with van der Waals surface area (Å²) < 4.78 is 5.01. The number of nitrogens with one attached hydrogen (secondary N) is 2. The molecule has 0 aliphatic rings. The van der Waals surface area contributed by atoms with Crippen LogP contribution < -0.4 is 10.6 Å². The van der Waals surface area contributed by atoms with Crippen molar-refractivity contribution in [2.45, 2.75) is 20.0 Å². The molecular formula is C11H15N5OS. The lowest BCUT2D eigenvalue weighted by Crippen LogP contribution is -2.36. The van der Waals surface area contributed by atoms with Gasteiger partial charge in [-0.25, -0.2) is 0 Å². The third kappa shape index (κ3) is 3.56. The van der Waals surface area contributed by atoms with Crippen LogP contribution in [0.15, 0.2) is 27.0 Å². The molecule has 0 radical (unpaired) electrons. The fraction of sp³-hybridized carbons (Fsp3) is 0.364. The molecule has 2 heterocycles. The normalized spacial score (nSPS) is 11.6. The van der Waals surface area contributed by atoms with Crippen LogP contribution in [0, 0.1) is 6.92 Å². The van der Waals surface area contributed by atoms with Crippen molar-refractivity contribution in [2.75, 3.05) is 7.05 Å². The molecule has 0 saturated carbocycles. The van der Waals surface area contributed by atoms with E-state index in [4.69, 9.17) is 4.52 Å². The highest BCUT2D eigenvalue weighted by atomic mass is 32.1. The Morgan fingerprint density at radius 1 is 1.44 bits per heavy atom. The van der Waals surface area contributed by atoms with E-state index in [9.17, 15) is 0 Å². The number of nitrogens with zero attached hydrogens (tertiary/aromatic N) is 3. The first-order chi connectivity index (χ1) is 8.78. The summed E-state index contributed by atoms with van der Waals surface area (Å²) in [6.07, 6.45) is 0. The Hall–Kier alpha value is -1.89. The Bertz CT molecular complexity index is 505. The van der Waals surface area contributed by atoms with Gasteiger partial charge in [0.1, 0.15) is 0 Å². The van der Waals surface area contributed by atoms with E-state index in [0.717, 1.165) is 6.54 Å². The second-order valence-corrected chi connectivity index (χ2v) is 4.63. The number of aromatic nitrogens is 2. The van der Waals surface area contributed by atoms with Gasteiger partial charge in [-0.3, -0.25) is 4.99 Å². The largest absolute Gasteiger partial charge is 0.352 e. The molecular weight excluding hydrogens is 250 g/mol. The number of hydrogen-bond acceptors (Lipinski definition) is 5. The maximum absolute atomic E-state index is 5.01. The summed E-state index contributed by atoms with van der Waals surface area (Å²) in [6, 6.07) is 4.10. The summed E-state index contributed by atoms with van der Waals surface area (Å²) in [5, 5.41) is 12.1. The van der Waals surface area contributed by atoms with Gasteiger partial charge in [0.15, 0.2) is 11.8 Å². The lowest BCUT2D eigenvalue weighted by atomic mass is 10.5. The van der Waals surface area contributed by atoms with E-state index in [2.05, 4.69) is 37.2 Å². The molecule has 96 valence electrons. The molecule has 0 aliphatic heterocycles. The molecule has 0 fully saturated rings. The molecule has 18 heavy (non-hydrogen) atoms. The maximum atomic E-state index is 5.01. The maximum Gasteiger partial charge on any atom is 0.246 e. The molecule has 0 saturated heterocycles. The first-order valence-electron chi connectivity index (χ1n) is 5.54. The van der Waals surface area contributed by atoms with Gasteiger partial charge in [0.05, 0.1) is 13.1 Å².